The highest BCUT2D eigenvalue weighted by Crippen LogP contribution is 2.40. The molecular weight excluding hydrogens is 333 g/mol. The van der Waals surface area contributed by atoms with Gasteiger partial charge in [-0.3, -0.25) is 14.6 Å². The van der Waals surface area contributed by atoms with Crippen LogP contribution < -0.4 is 10.9 Å². The zero-order valence-electron chi connectivity index (χ0n) is 14.3. The first-order chi connectivity index (χ1) is 12.5. The van der Waals surface area contributed by atoms with Crippen molar-refractivity contribution in [1.82, 2.24) is 15.3 Å². The van der Waals surface area contributed by atoms with Crippen molar-refractivity contribution in [1.29, 1.82) is 0 Å². The second-order valence-electron chi connectivity index (χ2n) is 6.73. The van der Waals surface area contributed by atoms with Gasteiger partial charge in [0.15, 0.2) is 0 Å². The quantitative estimate of drug-likeness (QED) is 0.758. The maximum absolute atomic E-state index is 13.5. The fourth-order valence-corrected chi connectivity index (χ4v) is 3.24. The van der Waals surface area contributed by atoms with E-state index in [9.17, 15) is 14.0 Å². The molecule has 2 heterocycles. The molecule has 2 N–H and O–H groups in total. The van der Waals surface area contributed by atoms with Gasteiger partial charge in [-0.1, -0.05) is 6.07 Å². The minimum Gasteiger partial charge on any atom is -0.343 e. The lowest BCUT2D eigenvalue weighted by Crippen LogP contribution is -2.31. The van der Waals surface area contributed by atoms with Gasteiger partial charge in [0.2, 0.25) is 5.56 Å². The third-order valence-corrected chi connectivity index (χ3v) is 4.66. The summed E-state index contributed by atoms with van der Waals surface area (Å²) < 4.78 is 13.5. The summed E-state index contributed by atoms with van der Waals surface area (Å²) >= 11 is 0. The van der Waals surface area contributed by atoms with Gasteiger partial charge >= 0.3 is 0 Å². The van der Waals surface area contributed by atoms with Crippen molar-refractivity contribution in [2.45, 2.75) is 25.8 Å². The zero-order chi connectivity index (χ0) is 18.3. The highest BCUT2D eigenvalue weighted by atomic mass is 19.1. The molecule has 0 unspecified atom stereocenters. The zero-order valence-corrected chi connectivity index (χ0v) is 14.3. The van der Waals surface area contributed by atoms with Crippen LogP contribution >= 0.6 is 0 Å². The third kappa shape index (κ3) is 3.22. The van der Waals surface area contributed by atoms with Crippen LogP contribution in [-0.2, 0) is 0 Å². The Morgan fingerprint density at radius 2 is 2.08 bits per heavy atom. The Bertz CT molecular complexity index is 1060. The number of carbonyl (C=O) groups excluding carboxylic acids is 1. The monoisotopic (exact) mass is 351 g/mol. The van der Waals surface area contributed by atoms with Crippen molar-refractivity contribution in [2.24, 2.45) is 5.92 Å². The maximum atomic E-state index is 13.5. The summed E-state index contributed by atoms with van der Waals surface area (Å²) in [6.07, 6.45) is 2.06. The second kappa shape index (κ2) is 6.37. The fourth-order valence-electron chi connectivity index (χ4n) is 3.24. The summed E-state index contributed by atoms with van der Waals surface area (Å²) in [5, 5.41) is 3.53. The summed E-state index contributed by atoms with van der Waals surface area (Å²) in [4.78, 5) is 31.9. The van der Waals surface area contributed by atoms with Crippen LogP contribution in [0.25, 0.3) is 10.9 Å². The fraction of sp³-hybridized carbons (Fsp3) is 0.250. The minimum absolute atomic E-state index is 0.197. The van der Waals surface area contributed by atoms with E-state index in [1.165, 1.54) is 24.3 Å². The third-order valence-electron chi connectivity index (χ3n) is 4.66. The van der Waals surface area contributed by atoms with Gasteiger partial charge in [0.25, 0.3) is 5.91 Å². The predicted molar refractivity (Wildman–Crippen MR) is 96.4 cm³/mol. The number of pyridine rings is 2. The lowest BCUT2D eigenvalue weighted by Gasteiger charge is -2.19. The Labute approximate surface area is 149 Å². The molecule has 1 atom stereocenters. The molecule has 26 heavy (non-hydrogen) atoms. The summed E-state index contributed by atoms with van der Waals surface area (Å²) in [5.74, 6) is -0.475. The van der Waals surface area contributed by atoms with Gasteiger partial charge < -0.3 is 10.3 Å². The molecule has 0 aliphatic heterocycles. The van der Waals surface area contributed by atoms with Crippen molar-refractivity contribution in [3.05, 3.63) is 75.6 Å². The van der Waals surface area contributed by atoms with Gasteiger partial charge in [-0.15, -0.1) is 0 Å². The molecule has 6 heteroatoms. The molecule has 2 aromatic heterocycles. The van der Waals surface area contributed by atoms with E-state index in [2.05, 4.69) is 15.3 Å². The maximum Gasteiger partial charge on any atom is 0.252 e. The Morgan fingerprint density at radius 1 is 1.27 bits per heavy atom. The summed E-state index contributed by atoms with van der Waals surface area (Å²) in [7, 11) is 0. The number of H-pyrrole nitrogens is 1. The summed E-state index contributed by atoms with van der Waals surface area (Å²) in [6.45, 7) is 1.91. The summed E-state index contributed by atoms with van der Waals surface area (Å²) in [6, 6.07) is 10.8. The molecule has 0 saturated heterocycles. The Kier molecular flexibility index (Phi) is 4.03. The molecule has 132 valence electrons. The van der Waals surface area contributed by atoms with Crippen LogP contribution in [0, 0.1) is 18.7 Å². The molecule has 1 fully saturated rings. The van der Waals surface area contributed by atoms with Crippen LogP contribution in [0.4, 0.5) is 4.39 Å². The minimum atomic E-state index is -0.467. The molecule has 1 aliphatic carbocycles. The van der Waals surface area contributed by atoms with Crippen molar-refractivity contribution < 1.29 is 9.18 Å². The van der Waals surface area contributed by atoms with Crippen molar-refractivity contribution in [3.8, 4) is 0 Å². The Morgan fingerprint density at radius 3 is 2.81 bits per heavy atom. The number of rotatable bonds is 4. The van der Waals surface area contributed by atoms with Crippen molar-refractivity contribution in [3.63, 3.8) is 0 Å². The molecule has 1 aliphatic rings. The predicted octanol–water partition coefficient (Wildman–Crippen LogP) is 3.25. The van der Waals surface area contributed by atoms with Crippen LogP contribution in [-0.4, -0.2) is 15.9 Å². The summed E-state index contributed by atoms with van der Waals surface area (Å²) in [5.41, 5.74) is 1.81. The molecule has 1 amide bonds. The van der Waals surface area contributed by atoms with E-state index in [0.717, 1.165) is 24.2 Å². The van der Waals surface area contributed by atoms with E-state index in [-0.39, 0.29) is 17.5 Å². The number of nitrogens with zero attached hydrogens (tertiary/aromatic N) is 1. The smallest absolute Gasteiger partial charge is 0.252 e. The first-order valence-electron chi connectivity index (χ1n) is 8.58. The topological polar surface area (TPSA) is 74.8 Å². The number of carbonyl (C=O) groups is 1. The number of hydrogen-bond donors (Lipinski definition) is 2. The van der Waals surface area contributed by atoms with Crippen LogP contribution in [0.3, 0.4) is 0 Å². The highest BCUT2D eigenvalue weighted by Gasteiger charge is 2.34. The number of aryl methyl sites for hydroxylation is 1. The SMILES string of the molecule is Cc1cccc([C@H](NC(=O)c2cc(=O)[nH]c3cc(F)ccc23)C2CC2)n1. The highest BCUT2D eigenvalue weighted by molar-refractivity contribution is 6.06. The largest absolute Gasteiger partial charge is 0.343 e. The molecule has 5 nitrogen and oxygen atoms in total. The van der Waals surface area contributed by atoms with Gasteiger partial charge in [0, 0.05) is 17.1 Å². The number of nitrogens with one attached hydrogen (secondary N) is 2. The van der Waals surface area contributed by atoms with Gasteiger partial charge in [0.1, 0.15) is 5.82 Å². The number of hydrogen-bond acceptors (Lipinski definition) is 3. The standard InChI is InChI=1S/C20H18FN3O2/c1-11-3-2-4-16(22-11)19(12-5-6-12)24-20(26)15-10-18(25)23-17-9-13(21)7-8-14(15)17/h2-4,7-10,12,19H,5-6H2,1H3,(H,23,25)(H,24,26)/t19-/m1/s1. The first kappa shape index (κ1) is 16.4. The molecule has 1 saturated carbocycles. The van der Waals surface area contributed by atoms with E-state index in [0.29, 0.717) is 16.8 Å². The second-order valence-corrected chi connectivity index (χ2v) is 6.73. The molecule has 1 aromatic carbocycles. The van der Waals surface area contributed by atoms with E-state index in [1.54, 1.807) is 0 Å². The number of fused-ring (bicyclic) bond motifs is 1. The number of benzene rings is 1. The molecule has 3 aromatic rings. The van der Waals surface area contributed by atoms with E-state index < -0.39 is 11.4 Å². The van der Waals surface area contributed by atoms with E-state index in [4.69, 9.17) is 0 Å². The van der Waals surface area contributed by atoms with Gasteiger partial charge in [0.05, 0.1) is 22.8 Å². The van der Waals surface area contributed by atoms with Gasteiger partial charge in [-0.2, -0.15) is 0 Å². The van der Waals surface area contributed by atoms with Crippen LogP contribution in [0.15, 0.2) is 47.3 Å². The van der Waals surface area contributed by atoms with Crippen LogP contribution in [0.2, 0.25) is 0 Å². The van der Waals surface area contributed by atoms with Crippen molar-refractivity contribution in [2.75, 3.05) is 0 Å². The Hall–Kier alpha value is -3.02. The van der Waals surface area contributed by atoms with Crippen LogP contribution in [0.5, 0.6) is 0 Å². The molecule has 0 bridgehead atoms. The molecular formula is C20H18FN3O2. The molecule has 4 rings (SSSR count). The lowest BCUT2D eigenvalue weighted by atomic mass is 10.0. The number of amides is 1. The number of halogens is 1. The molecule has 0 radical (unpaired) electrons. The Balaban J connectivity index is 1.71. The number of aromatic nitrogens is 2. The van der Waals surface area contributed by atoms with E-state index in [1.807, 2.05) is 25.1 Å². The normalized spacial score (nSPS) is 15.0. The lowest BCUT2D eigenvalue weighted by molar-refractivity contribution is 0.0932. The van der Waals surface area contributed by atoms with Gasteiger partial charge in [-0.25, -0.2) is 4.39 Å². The van der Waals surface area contributed by atoms with Gasteiger partial charge in [-0.05, 0) is 56.0 Å². The van der Waals surface area contributed by atoms with E-state index >= 15 is 0 Å². The average Bonchev–Trinajstić information content (AvgIpc) is 3.43. The average molecular weight is 351 g/mol. The first-order valence-corrected chi connectivity index (χ1v) is 8.58. The molecule has 0 spiro atoms. The number of aromatic amines is 1. The van der Waals surface area contributed by atoms with Crippen LogP contribution in [0.1, 0.15) is 40.6 Å². The van der Waals surface area contributed by atoms with Crippen molar-refractivity contribution >= 4 is 16.8 Å².